The summed E-state index contributed by atoms with van der Waals surface area (Å²) >= 11 is 2.20. The third-order valence-corrected chi connectivity index (χ3v) is 4.06. The van der Waals surface area contributed by atoms with Crippen molar-refractivity contribution >= 4 is 28.5 Å². The van der Waals surface area contributed by atoms with Crippen LogP contribution < -0.4 is 19.5 Å². The van der Waals surface area contributed by atoms with Crippen LogP contribution in [0.2, 0.25) is 0 Å². The fraction of sp³-hybridized carbons (Fsp3) is 0.278. The van der Waals surface area contributed by atoms with Crippen LogP contribution in [0.25, 0.3) is 0 Å². The number of halogens is 1. The maximum Gasteiger partial charge on any atom is 0.261 e. The van der Waals surface area contributed by atoms with Crippen molar-refractivity contribution in [3.63, 3.8) is 0 Å². The van der Waals surface area contributed by atoms with Gasteiger partial charge in [0.2, 0.25) is 0 Å². The molecule has 1 N–H and O–H groups in total. The Kier molecular flexibility index (Phi) is 6.72. The number of rotatable bonds is 7. The molecule has 0 fully saturated rings. The summed E-state index contributed by atoms with van der Waals surface area (Å²) in [7, 11) is 3.17. The van der Waals surface area contributed by atoms with Crippen molar-refractivity contribution in [1.29, 1.82) is 0 Å². The molecule has 2 aromatic carbocycles. The Morgan fingerprint density at radius 1 is 1.12 bits per heavy atom. The normalized spacial score (nSPS) is 11.5. The van der Waals surface area contributed by atoms with Gasteiger partial charge in [0.05, 0.1) is 14.2 Å². The summed E-state index contributed by atoms with van der Waals surface area (Å²) < 4.78 is 17.2. The van der Waals surface area contributed by atoms with E-state index in [4.69, 9.17) is 14.2 Å². The molecule has 1 amide bonds. The molecule has 0 saturated carbocycles. The van der Waals surface area contributed by atoms with Gasteiger partial charge in [-0.2, -0.15) is 0 Å². The van der Waals surface area contributed by atoms with Crippen LogP contribution in [0.4, 0.5) is 0 Å². The minimum Gasteiger partial charge on any atom is -0.493 e. The lowest BCUT2D eigenvalue weighted by atomic mass is 10.2. The topological polar surface area (TPSA) is 56.8 Å². The third-order valence-electron chi connectivity index (χ3n) is 3.39. The molecule has 6 heteroatoms. The molecule has 2 aromatic rings. The fourth-order valence-corrected chi connectivity index (χ4v) is 2.64. The summed E-state index contributed by atoms with van der Waals surface area (Å²) in [5, 5.41) is 2.86. The largest absolute Gasteiger partial charge is 0.493 e. The van der Waals surface area contributed by atoms with E-state index in [0.29, 0.717) is 23.8 Å². The Morgan fingerprint density at radius 2 is 1.88 bits per heavy atom. The lowest BCUT2D eigenvalue weighted by molar-refractivity contribution is -0.127. The molecular formula is C18H20INO4. The van der Waals surface area contributed by atoms with Crippen molar-refractivity contribution in [3.8, 4) is 17.2 Å². The van der Waals surface area contributed by atoms with Crippen molar-refractivity contribution in [2.24, 2.45) is 0 Å². The second-order valence-electron chi connectivity index (χ2n) is 5.12. The first-order valence-corrected chi connectivity index (χ1v) is 8.52. The first-order chi connectivity index (χ1) is 11.5. The molecule has 24 heavy (non-hydrogen) atoms. The Morgan fingerprint density at radius 3 is 2.54 bits per heavy atom. The standard InChI is InChI=1S/C18H20INO4/c1-12(24-15-6-4-5-14(19)10-15)18(21)20-11-13-7-8-16(22-2)17(9-13)23-3/h4-10,12H,11H2,1-3H3,(H,20,21)/t12-/m0/s1. The van der Waals surface area contributed by atoms with Crippen LogP contribution in [-0.2, 0) is 11.3 Å². The Hall–Kier alpha value is -1.96. The van der Waals surface area contributed by atoms with E-state index in [1.54, 1.807) is 21.1 Å². The van der Waals surface area contributed by atoms with E-state index < -0.39 is 6.10 Å². The highest BCUT2D eigenvalue weighted by Gasteiger charge is 2.15. The molecule has 0 spiro atoms. The number of ether oxygens (including phenoxy) is 3. The van der Waals surface area contributed by atoms with Crippen LogP contribution in [0, 0.1) is 3.57 Å². The average Bonchev–Trinajstić information content (AvgIpc) is 2.59. The molecular weight excluding hydrogens is 421 g/mol. The number of nitrogens with one attached hydrogen (secondary N) is 1. The quantitative estimate of drug-likeness (QED) is 0.670. The van der Waals surface area contributed by atoms with Gasteiger partial charge in [0.25, 0.3) is 5.91 Å². The highest BCUT2D eigenvalue weighted by molar-refractivity contribution is 14.1. The first kappa shape index (κ1) is 18.4. The Balaban J connectivity index is 1.92. The third kappa shape index (κ3) is 5.02. The minimum atomic E-state index is -0.580. The fourth-order valence-electron chi connectivity index (χ4n) is 2.12. The van der Waals surface area contributed by atoms with E-state index in [-0.39, 0.29) is 5.91 Å². The average molecular weight is 441 g/mol. The maximum atomic E-state index is 12.2. The monoisotopic (exact) mass is 441 g/mol. The van der Waals surface area contributed by atoms with Crippen LogP contribution in [0.5, 0.6) is 17.2 Å². The number of hydrogen-bond donors (Lipinski definition) is 1. The van der Waals surface area contributed by atoms with Gasteiger partial charge in [-0.15, -0.1) is 0 Å². The number of methoxy groups -OCH3 is 2. The van der Waals surface area contributed by atoms with E-state index in [9.17, 15) is 4.79 Å². The van der Waals surface area contributed by atoms with Gasteiger partial charge in [-0.3, -0.25) is 4.79 Å². The van der Waals surface area contributed by atoms with E-state index >= 15 is 0 Å². The SMILES string of the molecule is COc1ccc(CNC(=O)[C@H](C)Oc2cccc(I)c2)cc1OC. The number of carbonyl (C=O) groups excluding carboxylic acids is 1. The molecule has 128 valence electrons. The molecule has 0 bridgehead atoms. The van der Waals surface area contributed by atoms with Crippen LogP contribution in [0.15, 0.2) is 42.5 Å². The molecule has 0 unspecified atom stereocenters. The summed E-state index contributed by atoms with van der Waals surface area (Å²) in [6.45, 7) is 2.11. The highest BCUT2D eigenvalue weighted by atomic mass is 127. The van der Waals surface area contributed by atoms with Crippen LogP contribution >= 0.6 is 22.6 Å². The van der Waals surface area contributed by atoms with Crippen molar-refractivity contribution < 1.29 is 19.0 Å². The molecule has 0 aliphatic rings. The molecule has 5 nitrogen and oxygen atoms in total. The number of hydrogen-bond acceptors (Lipinski definition) is 4. The van der Waals surface area contributed by atoms with Crippen LogP contribution in [0.3, 0.4) is 0 Å². The van der Waals surface area contributed by atoms with Crippen molar-refractivity contribution in [2.45, 2.75) is 19.6 Å². The summed E-state index contributed by atoms with van der Waals surface area (Å²) in [6.07, 6.45) is -0.580. The van der Waals surface area contributed by atoms with Gasteiger partial charge >= 0.3 is 0 Å². The molecule has 0 saturated heterocycles. The Labute approximate surface area is 155 Å². The van der Waals surface area contributed by atoms with E-state index in [2.05, 4.69) is 27.9 Å². The van der Waals surface area contributed by atoms with Gasteiger partial charge in [0.1, 0.15) is 5.75 Å². The highest BCUT2D eigenvalue weighted by Crippen LogP contribution is 2.27. The summed E-state index contributed by atoms with van der Waals surface area (Å²) in [5.74, 6) is 1.79. The summed E-state index contributed by atoms with van der Waals surface area (Å²) in [5.41, 5.74) is 0.919. The summed E-state index contributed by atoms with van der Waals surface area (Å²) in [4.78, 5) is 12.2. The Bertz CT molecular complexity index is 705. The van der Waals surface area contributed by atoms with E-state index in [1.165, 1.54) is 0 Å². The number of benzene rings is 2. The lowest BCUT2D eigenvalue weighted by Crippen LogP contribution is -2.35. The predicted octanol–water partition coefficient (Wildman–Crippen LogP) is 3.39. The van der Waals surface area contributed by atoms with Gasteiger partial charge in [-0.25, -0.2) is 0 Å². The van der Waals surface area contributed by atoms with Crippen molar-refractivity contribution in [3.05, 3.63) is 51.6 Å². The zero-order valence-electron chi connectivity index (χ0n) is 13.8. The molecule has 0 radical (unpaired) electrons. The van der Waals surface area contributed by atoms with Gasteiger partial charge < -0.3 is 19.5 Å². The van der Waals surface area contributed by atoms with E-state index in [1.807, 2.05) is 42.5 Å². The van der Waals surface area contributed by atoms with Gasteiger partial charge in [0.15, 0.2) is 17.6 Å². The van der Waals surface area contributed by atoms with Crippen LogP contribution in [0.1, 0.15) is 12.5 Å². The van der Waals surface area contributed by atoms with Gasteiger partial charge in [-0.1, -0.05) is 12.1 Å². The molecule has 0 heterocycles. The minimum absolute atomic E-state index is 0.177. The van der Waals surface area contributed by atoms with Gasteiger partial charge in [0, 0.05) is 10.1 Å². The maximum absolute atomic E-state index is 12.2. The predicted molar refractivity (Wildman–Crippen MR) is 101 cm³/mol. The van der Waals surface area contributed by atoms with E-state index in [0.717, 1.165) is 9.13 Å². The molecule has 0 aliphatic carbocycles. The number of amides is 1. The second kappa shape index (κ2) is 8.77. The zero-order chi connectivity index (χ0) is 17.5. The zero-order valence-corrected chi connectivity index (χ0v) is 16.0. The summed E-state index contributed by atoms with van der Waals surface area (Å²) in [6, 6.07) is 13.1. The number of carbonyl (C=O) groups is 1. The smallest absolute Gasteiger partial charge is 0.261 e. The molecule has 0 aliphatic heterocycles. The molecule has 0 aromatic heterocycles. The second-order valence-corrected chi connectivity index (χ2v) is 6.37. The molecule has 1 atom stereocenters. The first-order valence-electron chi connectivity index (χ1n) is 7.44. The van der Waals surface area contributed by atoms with Crippen LogP contribution in [-0.4, -0.2) is 26.2 Å². The van der Waals surface area contributed by atoms with Gasteiger partial charge in [-0.05, 0) is 65.4 Å². The van der Waals surface area contributed by atoms with Crippen molar-refractivity contribution in [1.82, 2.24) is 5.32 Å². The van der Waals surface area contributed by atoms with Crippen molar-refractivity contribution in [2.75, 3.05) is 14.2 Å². The lowest BCUT2D eigenvalue weighted by Gasteiger charge is -2.15. The molecule has 2 rings (SSSR count).